The largest absolute Gasteiger partial charge is 0.493 e. The zero-order chi connectivity index (χ0) is 20.2. The average molecular weight is 471 g/mol. The van der Waals surface area contributed by atoms with Crippen LogP contribution in [0.5, 0.6) is 11.5 Å². The second kappa shape index (κ2) is 13.0. The van der Waals surface area contributed by atoms with E-state index in [0.29, 0.717) is 23.9 Å². The van der Waals surface area contributed by atoms with Crippen molar-refractivity contribution >= 4 is 27.5 Å². The molecular weight excluding hydrogens is 442 g/mol. The second-order valence-corrected chi connectivity index (χ2v) is 7.70. The van der Waals surface area contributed by atoms with Crippen molar-refractivity contribution in [2.75, 3.05) is 26.9 Å². The first kappa shape index (κ1) is 23.0. The Hall–Kier alpha value is -1.27. The third-order valence-electron chi connectivity index (χ3n) is 4.30. The number of methoxy groups -OCH3 is 1. The number of halogens is 2. The number of unbranched alkanes of at least 4 members (excludes halogenated alkanes) is 1. The van der Waals surface area contributed by atoms with Crippen LogP contribution >= 0.6 is 27.5 Å². The first-order valence-electron chi connectivity index (χ1n) is 9.67. The molecule has 0 aliphatic rings. The Balaban J connectivity index is 1.96. The molecule has 2 rings (SSSR count). The van der Waals surface area contributed by atoms with Gasteiger partial charge >= 0.3 is 0 Å². The highest BCUT2D eigenvalue weighted by atomic mass is 79.9. The van der Waals surface area contributed by atoms with Gasteiger partial charge in [0.05, 0.1) is 7.11 Å². The minimum atomic E-state index is 0.380. The van der Waals surface area contributed by atoms with Crippen LogP contribution in [0.4, 0.5) is 0 Å². The highest BCUT2D eigenvalue weighted by Gasteiger charge is 2.15. The molecule has 0 saturated carbocycles. The Morgan fingerprint density at radius 3 is 2.61 bits per heavy atom. The molecule has 1 N–H and O–H groups in total. The smallest absolute Gasteiger partial charge is 0.167 e. The molecule has 0 aliphatic heterocycles. The number of ether oxygens (including phenoxy) is 3. The van der Waals surface area contributed by atoms with Crippen LogP contribution in [0.1, 0.15) is 37.3 Å². The van der Waals surface area contributed by atoms with Gasteiger partial charge in [-0.3, -0.25) is 0 Å². The molecule has 0 heterocycles. The van der Waals surface area contributed by atoms with E-state index >= 15 is 0 Å². The van der Waals surface area contributed by atoms with Crippen LogP contribution in [0, 0.1) is 0 Å². The van der Waals surface area contributed by atoms with Crippen LogP contribution in [0.3, 0.4) is 0 Å². The third-order valence-corrected chi connectivity index (χ3v) is 5.41. The molecule has 0 saturated heterocycles. The molecular formula is C22H29BrClNO3. The van der Waals surface area contributed by atoms with E-state index < -0.39 is 0 Å². The standard InChI is InChI=1S/C22H29BrClNO3/c1-3-4-13-27-14-7-12-25-15-18-19(23)10-11-21(26-2)22(18)28-16-17-8-5-6-9-20(17)24/h5-6,8-11,25H,3-4,7,12-16H2,1-2H3. The van der Waals surface area contributed by atoms with Crippen molar-refractivity contribution in [3.05, 3.63) is 57.0 Å². The predicted molar refractivity (Wildman–Crippen MR) is 119 cm³/mol. The fourth-order valence-electron chi connectivity index (χ4n) is 2.69. The fourth-order valence-corrected chi connectivity index (χ4v) is 3.34. The van der Waals surface area contributed by atoms with Crippen molar-refractivity contribution in [1.82, 2.24) is 5.32 Å². The maximum Gasteiger partial charge on any atom is 0.167 e. The van der Waals surface area contributed by atoms with Crippen molar-refractivity contribution in [3.8, 4) is 11.5 Å². The molecule has 0 fully saturated rings. The van der Waals surface area contributed by atoms with Gasteiger partial charge in [0.1, 0.15) is 6.61 Å². The topological polar surface area (TPSA) is 39.7 Å². The lowest BCUT2D eigenvalue weighted by molar-refractivity contribution is 0.128. The summed E-state index contributed by atoms with van der Waals surface area (Å²) in [4.78, 5) is 0. The maximum atomic E-state index is 6.25. The Labute approximate surface area is 181 Å². The molecule has 0 bridgehead atoms. The summed E-state index contributed by atoms with van der Waals surface area (Å²) in [5.41, 5.74) is 1.97. The van der Waals surface area contributed by atoms with Crippen LogP contribution in [0.15, 0.2) is 40.9 Å². The van der Waals surface area contributed by atoms with Crippen molar-refractivity contribution in [2.24, 2.45) is 0 Å². The molecule has 0 amide bonds. The summed E-state index contributed by atoms with van der Waals surface area (Å²) in [5, 5.41) is 4.16. The summed E-state index contributed by atoms with van der Waals surface area (Å²) < 4.78 is 18.2. The molecule has 0 unspecified atom stereocenters. The Morgan fingerprint density at radius 2 is 1.86 bits per heavy atom. The average Bonchev–Trinajstić information content (AvgIpc) is 2.70. The van der Waals surface area contributed by atoms with Crippen LogP contribution in [-0.2, 0) is 17.9 Å². The summed E-state index contributed by atoms with van der Waals surface area (Å²) in [6.07, 6.45) is 3.26. The molecule has 4 nitrogen and oxygen atoms in total. The highest BCUT2D eigenvalue weighted by Crippen LogP contribution is 2.37. The molecule has 6 heteroatoms. The third kappa shape index (κ3) is 7.28. The fraction of sp³-hybridized carbons (Fsp3) is 0.455. The Morgan fingerprint density at radius 1 is 1.07 bits per heavy atom. The van der Waals surface area contributed by atoms with Crippen LogP contribution in [0.2, 0.25) is 5.02 Å². The molecule has 28 heavy (non-hydrogen) atoms. The minimum Gasteiger partial charge on any atom is -0.493 e. The summed E-state index contributed by atoms with van der Waals surface area (Å²) in [7, 11) is 1.65. The van der Waals surface area contributed by atoms with Crippen LogP contribution in [-0.4, -0.2) is 26.9 Å². The predicted octanol–water partition coefficient (Wildman–Crippen LogP) is 5.99. The van der Waals surface area contributed by atoms with Crippen LogP contribution < -0.4 is 14.8 Å². The summed E-state index contributed by atoms with van der Waals surface area (Å²) >= 11 is 9.89. The SMILES string of the molecule is CCCCOCCCNCc1c(Br)ccc(OC)c1OCc1ccccc1Cl. The Bertz CT molecular complexity index is 727. The van der Waals surface area contributed by atoms with E-state index in [2.05, 4.69) is 28.2 Å². The van der Waals surface area contributed by atoms with Crippen LogP contribution in [0.25, 0.3) is 0 Å². The molecule has 2 aromatic carbocycles. The van der Waals surface area contributed by atoms with Gasteiger partial charge in [0.15, 0.2) is 11.5 Å². The van der Waals surface area contributed by atoms with Gasteiger partial charge in [-0.2, -0.15) is 0 Å². The first-order chi connectivity index (χ1) is 13.7. The summed E-state index contributed by atoms with van der Waals surface area (Å²) in [6.45, 7) is 5.72. The van der Waals surface area contributed by atoms with Gasteiger partial charge < -0.3 is 19.5 Å². The monoisotopic (exact) mass is 469 g/mol. The van der Waals surface area contributed by atoms with E-state index in [-0.39, 0.29) is 0 Å². The Kier molecular flexibility index (Phi) is 10.7. The summed E-state index contributed by atoms with van der Waals surface area (Å²) in [5.74, 6) is 1.43. The number of rotatable bonds is 13. The second-order valence-electron chi connectivity index (χ2n) is 6.43. The number of nitrogens with one attached hydrogen (secondary N) is 1. The normalized spacial score (nSPS) is 10.9. The van der Waals surface area contributed by atoms with Crippen molar-refractivity contribution in [1.29, 1.82) is 0 Å². The van der Waals surface area contributed by atoms with Gasteiger partial charge in [-0.1, -0.05) is 59.1 Å². The number of benzene rings is 2. The van der Waals surface area contributed by atoms with E-state index in [4.69, 9.17) is 25.8 Å². The quantitative estimate of drug-likeness (QED) is 0.365. The lowest BCUT2D eigenvalue weighted by atomic mass is 10.1. The molecule has 0 aliphatic carbocycles. The van der Waals surface area contributed by atoms with Crippen molar-refractivity contribution < 1.29 is 14.2 Å². The van der Waals surface area contributed by atoms with Gasteiger partial charge in [-0.25, -0.2) is 0 Å². The first-order valence-corrected chi connectivity index (χ1v) is 10.8. The van der Waals surface area contributed by atoms with E-state index in [1.165, 1.54) is 6.42 Å². The van der Waals surface area contributed by atoms with E-state index in [9.17, 15) is 0 Å². The number of hydrogen-bond donors (Lipinski definition) is 1. The van der Waals surface area contributed by atoms with Gasteiger partial charge in [-0.15, -0.1) is 0 Å². The lowest BCUT2D eigenvalue weighted by Crippen LogP contribution is -2.18. The van der Waals surface area contributed by atoms with Gasteiger partial charge in [0.2, 0.25) is 0 Å². The lowest BCUT2D eigenvalue weighted by Gasteiger charge is -2.17. The van der Waals surface area contributed by atoms with E-state index in [1.807, 2.05) is 36.4 Å². The minimum absolute atomic E-state index is 0.380. The van der Waals surface area contributed by atoms with Crippen molar-refractivity contribution in [3.63, 3.8) is 0 Å². The van der Waals surface area contributed by atoms with E-state index in [1.54, 1.807) is 7.11 Å². The molecule has 2 aromatic rings. The summed E-state index contributed by atoms with van der Waals surface area (Å²) in [6, 6.07) is 11.6. The maximum absolute atomic E-state index is 6.25. The van der Waals surface area contributed by atoms with Crippen molar-refractivity contribution in [2.45, 2.75) is 39.3 Å². The zero-order valence-electron chi connectivity index (χ0n) is 16.6. The molecule has 154 valence electrons. The molecule has 0 spiro atoms. The highest BCUT2D eigenvalue weighted by molar-refractivity contribution is 9.10. The molecule has 0 radical (unpaired) electrons. The van der Waals surface area contributed by atoms with Gasteiger partial charge in [0, 0.05) is 40.4 Å². The molecule has 0 atom stereocenters. The van der Waals surface area contributed by atoms with Gasteiger partial charge in [0.25, 0.3) is 0 Å². The van der Waals surface area contributed by atoms with Gasteiger partial charge in [-0.05, 0) is 37.6 Å². The van der Waals surface area contributed by atoms with E-state index in [0.717, 1.165) is 53.9 Å². The zero-order valence-corrected chi connectivity index (χ0v) is 18.9. The number of hydrogen-bond acceptors (Lipinski definition) is 4. The molecule has 0 aromatic heterocycles.